The molecule has 0 unspecified atom stereocenters. The van der Waals surface area contributed by atoms with Gasteiger partial charge in [0.05, 0.1) is 17.5 Å². The van der Waals surface area contributed by atoms with E-state index in [2.05, 4.69) is 0 Å². The molecule has 0 radical (unpaired) electrons. The lowest BCUT2D eigenvalue weighted by Gasteiger charge is -2.21. The maximum atomic E-state index is 12.4. The smallest absolute Gasteiger partial charge is 0.305 e. The summed E-state index contributed by atoms with van der Waals surface area (Å²) in [6.45, 7) is 5.77. The fourth-order valence-corrected chi connectivity index (χ4v) is 1.96. The van der Waals surface area contributed by atoms with E-state index in [1.165, 1.54) is 21.7 Å². The van der Waals surface area contributed by atoms with Crippen LogP contribution < -0.4 is 0 Å². The Morgan fingerprint density at radius 2 is 2.10 bits per heavy atom. The normalized spacial score (nSPS) is 10.7. The highest BCUT2D eigenvalue weighted by Crippen LogP contribution is 2.22. The van der Waals surface area contributed by atoms with Crippen molar-refractivity contribution in [1.82, 2.24) is 9.47 Å². The fourth-order valence-electron chi connectivity index (χ4n) is 1.96. The summed E-state index contributed by atoms with van der Waals surface area (Å²) in [5.74, 6) is -1.40. The van der Waals surface area contributed by atoms with Gasteiger partial charge < -0.3 is 14.6 Å². The Morgan fingerprint density at radius 3 is 2.52 bits per heavy atom. The Balaban J connectivity index is 3.08. The van der Waals surface area contributed by atoms with Gasteiger partial charge in [0, 0.05) is 25.2 Å². The van der Waals surface area contributed by atoms with Gasteiger partial charge in [-0.25, -0.2) is 0 Å². The number of carboxylic acids is 1. The summed E-state index contributed by atoms with van der Waals surface area (Å²) in [6.07, 6.45) is 1.16. The summed E-state index contributed by atoms with van der Waals surface area (Å²) in [4.78, 5) is 34.7. The van der Waals surface area contributed by atoms with Crippen LogP contribution in [0.15, 0.2) is 12.3 Å². The highest BCUT2D eigenvalue weighted by molar-refractivity contribution is 5.93. The van der Waals surface area contributed by atoms with E-state index in [4.69, 9.17) is 5.11 Å². The topological polar surface area (TPSA) is 106 Å². The van der Waals surface area contributed by atoms with Crippen molar-refractivity contribution in [2.24, 2.45) is 0 Å². The van der Waals surface area contributed by atoms with Crippen LogP contribution in [0, 0.1) is 10.1 Å². The van der Waals surface area contributed by atoms with Crippen molar-refractivity contribution in [2.45, 2.75) is 33.2 Å². The summed E-state index contributed by atoms with van der Waals surface area (Å²) in [7, 11) is 0. The first-order valence-corrected chi connectivity index (χ1v) is 6.65. The Morgan fingerprint density at radius 1 is 1.48 bits per heavy atom. The van der Waals surface area contributed by atoms with Crippen LogP contribution in [0.3, 0.4) is 0 Å². The van der Waals surface area contributed by atoms with E-state index in [1.807, 2.05) is 13.8 Å². The number of aliphatic carboxylic acids is 1. The third-order valence-corrected chi connectivity index (χ3v) is 3.08. The Kier molecular flexibility index (Phi) is 5.45. The molecule has 0 aromatic carbocycles. The van der Waals surface area contributed by atoms with Crippen molar-refractivity contribution in [1.29, 1.82) is 0 Å². The van der Waals surface area contributed by atoms with Gasteiger partial charge in [0.1, 0.15) is 5.69 Å². The number of hydrogen-bond donors (Lipinski definition) is 1. The number of nitro groups is 1. The highest BCUT2D eigenvalue weighted by Gasteiger charge is 2.24. The molecular formula is C13H19N3O5. The van der Waals surface area contributed by atoms with Crippen LogP contribution in [0.5, 0.6) is 0 Å². The van der Waals surface area contributed by atoms with Crippen molar-refractivity contribution in [2.75, 3.05) is 13.1 Å². The first-order chi connectivity index (χ1) is 9.77. The molecule has 1 N–H and O–H groups in total. The lowest BCUT2D eigenvalue weighted by molar-refractivity contribution is -0.384. The molecule has 0 bridgehead atoms. The predicted molar refractivity (Wildman–Crippen MR) is 75.3 cm³/mol. The minimum atomic E-state index is -0.994. The summed E-state index contributed by atoms with van der Waals surface area (Å²) in [5, 5.41) is 19.6. The number of carboxylic acid groups (broad SMARTS) is 1. The van der Waals surface area contributed by atoms with E-state index in [1.54, 1.807) is 6.92 Å². The van der Waals surface area contributed by atoms with Gasteiger partial charge in [0.25, 0.3) is 11.6 Å². The van der Waals surface area contributed by atoms with Gasteiger partial charge in [-0.2, -0.15) is 0 Å². The van der Waals surface area contributed by atoms with Crippen LogP contribution in [-0.4, -0.2) is 44.5 Å². The summed E-state index contributed by atoms with van der Waals surface area (Å²) < 4.78 is 1.53. The number of aromatic nitrogens is 1. The van der Waals surface area contributed by atoms with Crippen molar-refractivity contribution in [3.63, 3.8) is 0 Å². The predicted octanol–water partition coefficient (Wildman–Crippen LogP) is 1.91. The molecule has 1 aromatic heterocycles. The number of hydrogen-bond acceptors (Lipinski definition) is 4. The summed E-state index contributed by atoms with van der Waals surface area (Å²) in [6, 6.07) is 1.11. The highest BCUT2D eigenvalue weighted by atomic mass is 16.6. The second-order valence-electron chi connectivity index (χ2n) is 4.87. The third-order valence-electron chi connectivity index (χ3n) is 3.08. The number of carbonyl (C=O) groups excluding carboxylic acids is 1. The van der Waals surface area contributed by atoms with Crippen LogP contribution in [-0.2, 0) is 4.79 Å². The zero-order valence-corrected chi connectivity index (χ0v) is 12.3. The minimum Gasteiger partial charge on any atom is -0.481 e. The Bertz CT molecular complexity index is 550. The van der Waals surface area contributed by atoms with Gasteiger partial charge in [-0.15, -0.1) is 0 Å². The maximum Gasteiger partial charge on any atom is 0.305 e. The monoisotopic (exact) mass is 297 g/mol. The van der Waals surface area contributed by atoms with Crippen LogP contribution in [0.2, 0.25) is 0 Å². The lowest BCUT2D eigenvalue weighted by Crippen LogP contribution is -2.34. The van der Waals surface area contributed by atoms with E-state index in [0.717, 1.165) is 0 Å². The molecule has 0 aliphatic carbocycles. The number of nitrogens with zero attached hydrogens (tertiary/aromatic N) is 3. The molecule has 1 amide bonds. The van der Waals surface area contributed by atoms with E-state index in [-0.39, 0.29) is 30.4 Å². The molecule has 0 aliphatic rings. The molecule has 1 heterocycles. The van der Waals surface area contributed by atoms with E-state index < -0.39 is 16.8 Å². The van der Waals surface area contributed by atoms with E-state index in [9.17, 15) is 19.7 Å². The lowest BCUT2D eigenvalue weighted by atomic mass is 10.3. The Labute approximate surface area is 122 Å². The molecule has 21 heavy (non-hydrogen) atoms. The molecule has 0 saturated carbocycles. The average molecular weight is 297 g/mol. The molecule has 1 rings (SSSR count). The number of rotatable bonds is 7. The molecule has 0 fully saturated rings. The second-order valence-corrected chi connectivity index (χ2v) is 4.87. The van der Waals surface area contributed by atoms with Gasteiger partial charge in [-0.05, 0) is 20.8 Å². The quantitative estimate of drug-likeness (QED) is 0.611. The molecule has 8 heteroatoms. The summed E-state index contributed by atoms with van der Waals surface area (Å²) >= 11 is 0. The molecule has 8 nitrogen and oxygen atoms in total. The van der Waals surface area contributed by atoms with Crippen LogP contribution in [0.25, 0.3) is 0 Å². The molecule has 1 aromatic rings. The molecule has 0 spiro atoms. The third kappa shape index (κ3) is 4.04. The zero-order valence-electron chi connectivity index (χ0n) is 12.3. The number of amides is 1. The number of carbonyl (C=O) groups is 2. The fraction of sp³-hybridized carbons (Fsp3) is 0.538. The summed E-state index contributed by atoms with van der Waals surface area (Å²) in [5.41, 5.74) is 0.0466. The molecular weight excluding hydrogens is 278 g/mol. The standard InChI is InChI=1S/C13H19N3O5/c1-4-14(6-5-12(17)18)13(19)11-7-10(16(20)21)8-15(11)9(2)3/h7-9H,4-6H2,1-3H3,(H,17,18). The van der Waals surface area contributed by atoms with Crippen LogP contribution in [0.4, 0.5) is 5.69 Å². The van der Waals surface area contributed by atoms with Gasteiger partial charge in [0.15, 0.2) is 0 Å². The van der Waals surface area contributed by atoms with E-state index >= 15 is 0 Å². The van der Waals surface area contributed by atoms with Crippen molar-refractivity contribution < 1.29 is 19.6 Å². The zero-order chi connectivity index (χ0) is 16.2. The average Bonchev–Trinajstić information content (AvgIpc) is 2.84. The van der Waals surface area contributed by atoms with Crippen LogP contribution >= 0.6 is 0 Å². The van der Waals surface area contributed by atoms with Gasteiger partial charge >= 0.3 is 5.97 Å². The first kappa shape index (κ1) is 16.7. The maximum absolute atomic E-state index is 12.4. The molecule has 116 valence electrons. The molecule has 0 atom stereocenters. The molecule has 0 saturated heterocycles. The van der Waals surface area contributed by atoms with Gasteiger partial charge in [0.2, 0.25) is 0 Å². The van der Waals surface area contributed by atoms with E-state index in [0.29, 0.717) is 6.54 Å². The van der Waals surface area contributed by atoms with Crippen LogP contribution in [0.1, 0.15) is 43.7 Å². The largest absolute Gasteiger partial charge is 0.481 e. The van der Waals surface area contributed by atoms with Gasteiger partial charge in [-0.3, -0.25) is 19.7 Å². The van der Waals surface area contributed by atoms with Crippen molar-refractivity contribution >= 4 is 17.6 Å². The van der Waals surface area contributed by atoms with Gasteiger partial charge in [-0.1, -0.05) is 0 Å². The van der Waals surface area contributed by atoms with Crippen molar-refractivity contribution in [3.8, 4) is 0 Å². The minimum absolute atomic E-state index is 0.0712. The molecule has 0 aliphatic heterocycles. The first-order valence-electron chi connectivity index (χ1n) is 6.65. The SMILES string of the molecule is CCN(CCC(=O)O)C(=O)c1cc([N+](=O)[O-])cn1C(C)C. The Hall–Kier alpha value is -2.38. The van der Waals surface area contributed by atoms with Crippen molar-refractivity contribution in [3.05, 3.63) is 28.1 Å². The second kappa shape index (κ2) is 6.87.